The lowest BCUT2D eigenvalue weighted by Crippen LogP contribution is -2.13. The molecule has 0 N–H and O–H groups in total. The Morgan fingerprint density at radius 3 is 1.31 bits per heavy atom. The van der Waals surface area contributed by atoms with Crippen LogP contribution in [-0.2, 0) is 17.6 Å². The van der Waals surface area contributed by atoms with Crippen molar-refractivity contribution in [2.75, 3.05) is 26.4 Å². The summed E-state index contributed by atoms with van der Waals surface area (Å²) in [7, 11) is 0. The van der Waals surface area contributed by atoms with Gasteiger partial charge in [-0.05, 0) is 48.9 Å². The van der Waals surface area contributed by atoms with Gasteiger partial charge in [0, 0.05) is 0 Å². The van der Waals surface area contributed by atoms with E-state index in [0.717, 1.165) is 24.3 Å². The summed E-state index contributed by atoms with van der Waals surface area (Å²) in [6, 6.07) is 16.9. The fraction of sp³-hybridized carbons (Fsp3) is 0.625. The van der Waals surface area contributed by atoms with Crippen LogP contribution < -0.4 is 9.47 Å². The van der Waals surface area contributed by atoms with E-state index in [9.17, 15) is 0 Å². The summed E-state index contributed by atoms with van der Waals surface area (Å²) in [4.78, 5) is 0. The number of aryl methyl sites for hydroxylation is 2. The number of benzene rings is 2. The van der Waals surface area contributed by atoms with E-state index in [2.05, 4.69) is 62.4 Å². The molecule has 35 heavy (non-hydrogen) atoms. The fourth-order valence-electron chi connectivity index (χ4n) is 4.42. The number of ether oxygens (including phenoxy) is 3. The first-order chi connectivity index (χ1) is 17.3. The zero-order chi connectivity index (χ0) is 24.8. The van der Waals surface area contributed by atoms with Crippen LogP contribution in [-0.4, -0.2) is 26.4 Å². The minimum Gasteiger partial charge on any atom is -0.491 e. The highest BCUT2D eigenvalue weighted by Crippen LogP contribution is 2.22. The van der Waals surface area contributed by atoms with Crippen LogP contribution >= 0.6 is 0 Å². The lowest BCUT2D eigenvalue weighted by molar-refractivity contribution is 0.0759. The molecular weight excluding hydrogens is 432 g/mol. The fourth-order valence-corrected chi connectivity index (χ4v) is 4.42. The van der Waals surface area contributed by atoms with Gasteiger partial charge < -0.3 is 14.2 Å². The lowest BCUT2D eigenvalue weighted by Gasteiger charge is -2.13. The van der Waals surface area contributed by atoms with E-state index in [-0.39, 0.29) is 0 Å². The standard InChI is InChI=1S/C32H50O3/c1-3-5-7-9-11-13-19-29-21-15-17-23-31(29)34-27-25-33-26-28-35-32-24-18-16-22-30(32)20-14-12-10-8-6-4-2/h15-18,21-24H,3-14,19-20,25-28H2,1-2H3. The predicted molar refractivity (Wildman–Crippen MR) is 149 cm³/mol. The van der Waals surface area contributed by atoms with Gasteiger partial charge in [0.1, 0.15) is 24.7 Å². The minimum absolute atomic E-state index is 0.572. The second kappa shape index (κ2) is 20.2. The Balaban J connectivity index is 1.58. The largest absolute Gasteiger partial charge is 0.491 e. The van der Waals surface area contributed by atoms with Crippen LogP contribution in [0.1, 0.15) is 102 Å². The maximum atomic E-state index is 6.03. The van der Waals surface area contributed by atoms with Crippen LogP contribution in [0.5, 0.6) is 11.5 Å². The molecule has 0 fully saturated rings. The van der Waals surface area contributed by atoms with Crippen LogP contribution in [0.25, 0.3) is 0 Å². The normalized spacial score (nSPS) is 11.0. The molecule has 0 aliphatic heterocycles. The van der Waals surface area contributed by atoms with Gasteiger partial charge in [0.25, 0.3) is 0 Å². The molecule has 0 saturated heterocycles. The maximum Gasteiger partial charge on any atom is 0.122 e. The third-order valence-corrected chi connectivity index (χ3v) is 6.52. The molecule has 0 radical (unpaired) electrons. The third-order valence-electron chi connectivity index (χ3n) is 6.52. The molecule has 3 nitrogen and oxygen atoms in total. The molecule has 0 saturated carbocycles. The number of hydrogen-bond acceptors (Lipinski definition) is 3. The van der Waals surface area contributed by atoms with E-state index in [0.29, 0.717) is 26.4 Å². The van der Waals surface area contributed by atoms with Gasteiger partial charge in [0.05, 0.1) is 13.2 Å². The van der Waals surface area contributed by atoms with E-state index in [1.807, 2.05) is 0 Å². The third kappa shape index (κ3) is 13.6. The van der Waals surface area contributed by atoms with Crippen molar-refractivity contribution in [2.24, 2.45) is 0 Å². The molecule has 3 heteroatoms. The summed E-state index contributed by atoms with van der Waals surface area (Å²) in [5.74, 6) is 2.01. The first kappa shape index (κ1) is 29.2. The van der Waals surface area contributed by atoms with E-state index in [1.54, 1.807) is 0 Å². The quantitative estimate of drug-likeness (QED) is 0.157. The molecule has 196 valence electrons. The molecule has 0 heterocycles. The summed E-state index contributed by atoms with van der Waals surface area (Å²) < 4.78 is 17.8. The van der Waals surface area contributed by atoms with Crippen molar-refractivity contribution in [1.29, 1.82) is 0 Å². The highest BCUT2D eigenvalue weighted by atomic mass is 16.5. The Hall–Kier alpha value is -2.00. The van der Waals surface area contributed by atoms with Crippen LogP contribution in [0.4, 0.5) is 0 Å². The second-order valence-corrected chi connectivity index (χ2v) is 9.56. The number of rotatable bonds is 22. The molecule has 0 atom stereocenters. The summed E-state index contributed by atoms with van der Waals surface area (Å²) in [6.07, 6.45) is 18.0. The Kier molecular flexibility index (Phi) is 16.9. The molecule has 2 rings (SSSR count). The van der Waals surface area contributed by atoms with Gasteiger partial charge in [-0.15, -0.1) is 0 Å². The highest BCUT2D eigenvalue weighted by molar-refractivity contribution is 5.34. The Morgan fingerprint density at radius 1 is 0.457 bits per heavy atom. The van der Waals surface area contributed by atoms with Gasteiger partial charge in [-0.3, -0.25) is 0 Å². The van der Waals surface area contributed by atoms with Gasteiger partial charge in [-0.2, -0.15) is 0 Å². The van der Waals surface area contributed by atoms with E-state index < -0.39 is 0 Å². The molecule has 0 aliphatic carbocycles. The van der Waals surface area contributed by atoms with Crippen LogP contribution in [0.2, 0.25) is 0 Å². The van der Waals surface area contributed by atoms with Crippen LogP contribution in [0.15, 0.2) is 48.5 Å². The molecule has 0 bridgehead atoms. The zero-order valence-corrected chi connectivity index (χ0v) is 22.6. The predicted octanol–water partition coefficient (Wildman–Crippen LogP) is 8.97. The van der Waals surface area contributed by atoms with Crippen molar-refractivity contribution in [2.45, 2.75) is 104 Å². The Labute approximate surface area is 215 Å². The van der Waals surface area contributed by atoms with Crippen molar-refractivity contribution in [3.8, 4) is 11.5 Å². The van der Waals surface area contributed by atoms with Crippen molar-refractivity contribution >= 4 is 0 Å². The summed E-state index contributed by atoms with van der Waals surface area (Å²) in [6.45, 7) is 6.83. The highest BCUT2D eigenvalue weighted by Gasteiger charge is 2.05. The monoisotopic (exact) mass is 482 g/mol. The number of para-hydroxylation sites is 2. The topological polar surface area (TPSA) is 27.7 Å². The van der Waals surface area contributed by atoms with Gasteiger partial charge in [-0.1, -0.05) is 114 Å². The van der Waals surface area contributed by atoms with Gasteiger partial charge >= 0.3 is 0 Å². The van der Waals surface area contributed by atoms with Crippen molar-refractivity contribution < 1.29 is 14.2 Å². The molecule has 2 aromatic carbocycles. The first-order valence-electron chi connectivity index (χ1n) is 14.3. The SMILES string of the molecule is CCCCCCCCc1ccccc1OCCOCCOc1ccccc1CCCCCCCC. The van der Waals surface area contributed by atoms with Crippen molar-refractivity contribution in [3.63, 3.8) is 0 Å². The van der Waals surface area contributed by atoms with Gasteiger partial charge in [0.15, 0.2) is 0 Å². The summed E-state index contributed by atoms with van der Waals surface area (Å²) >= 11 is 0. The number of unbranched alkanes of at least 4 members (excludes halogenated alkanes) is 10. The first-order valence-corrected chi connectivity index (χ1v) is 14.3. The molecular formula is C32H50O3. The maximum absolute atomic E-state index is 6.03. The Morgan fingerprint density at radius 2 is 0.857 bits per heavy atom. The Bertz CT molecular complexity index is 694. The molecule has 0 amide bonds. The smallest absolute Gasteiger partial charge is 0.122 e. The molecule has 0 aliphatic rings. The van der Waals surface area contributed by atoms with Crippen molar-refractivity contribution in [3.05, 3.63) is 59.7 Å². The summed E-state index contributed by atoms with van der Waals surface area (Å²) in [5.41, 5.74) is 2.63. The molecule has 0 spiro atoms. The van der Waals surface area contributed by atoms with Crippen LogP contribution in [0, 0.1) is 0 Å². The van der Waals surface area contributed by atoms with E-state index in [1.165, 1.54) is 88.2 Å². The second-order valence-electron chi connectivity index (χ2n) is 9.56. The molecule has 0 aromatic heterocycles. The van der Waals surface area contributed by atoms with Crippen molar-refractivity contribution in [1.82, 2.24) is 0 Å². The zero-order valence-electron chi connectivity index (χ0n) is 22.6. The number of hydrogen-bond donors (Lipinski definition) is 0. The van der Waals surface area contributed by atoms with Gasteiger partial charge in [0.2, 0.25) is 0 Å². The van der Waals surface area contributed by atoms with E-state index in [4.69, 9.17) is 14.2 Å². The average molecular weight is 483 g/mol. The van der Waals surface area contributed by atoms with E-state index >= 15 is 0 Å². The molecule has 2 aromatic rings. The summed E-state index contributed by atoms with van der Waals surface area (Å²) in [5, 5.41) is 0. The van der Waals surface area contributed by atoms with Gasteiger partial charge in [-0.25, -0.2) is 0 Å². The molecule has 0 unspecified atom stereocenters. The van der Waals surface area contributed by atoms with Crippen LogP contribution in [0.3, 0.4) is 0 Å². The lowest BCUT2D eigenvalue weighted by atomic mass is 10.0. The average Bonchev–Trinajstić information content (AvgIpc) is 2.89. The minimum atomic E-state index is 0.572.